The molecule has 1 unspecified atom stereocenters. The SMILES string of the molecule is CCc1ocnc1C(=O)NC(C)c1cnc(N2CCCCCCC2)nc1C. The summed E-state index contributed by atoms with van der Waals surface area (Å²) >= 11 is 0. The van der Waals surface area contributed by atoms with Gasteiger partial charge in [0.25, 0.3) is 5.91 Å². The first-order valence-corrected chi connectivity index (χ1v) is 9.91. The van der Waals surface area contributed by atoms with Crippen molar-refractivity contribution in [2.24, 2.45) is 0 Å². The van der Waals surface area contributed by atoms with Gasteiger partial charge in [-0.05, 0) is 26.7 Å². The van der Waals surface area contributed by atoms with Gasteiger partial charge in [0, 0.05) is 37.0 Å². The van der Waals surface area contributed by atoms with Crippen LogP contribution < -0.4 is 10.2 Å². The summed E-state index contributed by atoms with van der Waals surface area (Å²) in [5, 5.41) is 2.98. The van der Waals surface area contributed by atoms with Gasteiger partial charge in [0.05, 0.1) is 6.04 Å². The quantitative estimate of drug-likeness (QED) is 0.864. The Morgan fingerprint density at radius 3 is 2.59 bits per heavy atom. The molecule has 1 atom stereocenters. The van der Waals surface area contributed by atoms with E-state index < -0.39 is 0 Å². The lowest BCUT2D eigenvalue weighted by Gasteiger charge is -2.25. The molecule has 3 heterocycles. The number of aromatic nitrogens is 3. The normalized spacial score (nSPS) is 16.5. The molecule has 0 bridgehead atoms. The predicted octanol–water partition coefficient (Wildman–Crippen LogP) is 3.60. The van der Waals surface area contributed by atoms with Gasteiger partial charge in [0.1, 0.15) is 5.76 Å². The summed E-state index contributed by atoms with van der Waals surface area (Å²) in [6.45, 7) is 7.86. The highest BCUT2D eigenvalue weighted by molar-refractivity contribution is 5.93. The van der Waals surface area contributed by atoms with E-state index in [1.54, 1.807) is 0 Å². The summed E-state index contributed by atoms with van der Waals surface area (Å²) in [5.41, 5.74) is 2.16. The van der Waals surface area contributed by atoms with Crippen LogP contribution in [-0.2, 0) is 6.42 Å². The van der Waals surface area contributed by atoms with Crippen molar-refractivity contribution >= 4 is 11.9 Å². The maximum absolute atomic E-state index is 12.5. The highest BCUT2D eigenvalue weighted by Gasteiger charge is 2.20. The Bertz CT molecular complexity index is 765. The third-order valence-electron chi connectivity index (χ3n) is 5.13. The van der Waals surface area contributed by atoms with Gasteiger partial charge in [-0.2, -0.15) is 0 Å². The van der Waals surface area contributed by atoms with Crippen molar-refractivity contribution in [3.63, 3.8) is 0 Å². The molecule has 1 aliphatic rings. The molecule has 0 saturated carbocycles. The molecule has 0 aliphatic carbocycles. The summed E-state index contributed by atoms with van der Waals surface area (Å²) in [6, 6.07) is -0.208. The molecule has 0 spiro atoms. The fraction of sp³-hybridized carbons (Fsp3) is 0.600. The lowest BCUT2D eigenvalue weighted by molar-refractivity contribution is 0.0933. The number of amides is 1. The number of rotatable bonds is 5. The fourth-order valence-corrected chi connectivity index (χ4v) is 3.54. The Kier molecular flexibility index (Phi) is 6.42. The van der Waals surface area contributed by atoms with Crippen molar-refractivity contribution in [2.75, 3.05) is 18.0 Å². The Morgan fingerprint density at radius 2 is 1.93 bits per heavy atom. The number of nitrogens with zero attached hydrogens (tertiary/aromatic N) is 4. The van der Waals surface area contributed by atoms with Gasteiger partial charge in [-0.1, -0.05) is 26.2 Å². The topological polar surface area (TPSA) is 84.2 Å². The highest BCUT2D eigenvalue weighted by Crippen LogP contribution is 2.21. The molecule has 0 radical (unpaired) electrons. The van der Waals surface area contributed by atoms with E-state index in [4.69, 9.17) is 9.40 Å². The molecule has 2 aromatic heterocycles. The van der Waals surface area contributed by atoms with Gasteiger partial charge >= 0.3 is 0 Å². The predicted molar refractivity (Wildman–Crippen MR) is 104 cm³/mol. The van der Waals surface area contributed by atoms with Gasteiger partial charge in [-0.25, -0.2) is 15.0 Å². The molecule has 7 heteroatoms. The van der Waals surface area contributed by atoms with Crippen LogP contribution >= 0.6 is 0 Å². The molecule has 0 aromatic carbocycles. The van der Waals surface area contributed by atoms with Gasteiger partial charge in [-0.15, -0.1) is 0 Å². The number of anilines is 1. The fourth-order valence-electron chi connectivity index (χ4n) is 3.54. The van der Waals surface area contributed by atoms with Crippen molar-refractivity contribution in [1.29, 1.82) is 0 Å². The maximum atomic E-state index is 12.5. The Labute approximate surface area is 160 Å². The van der Waals surface area contributed by atoms with Crippen molar-refractivity contribution in [2.45, 2.75) is 65.3 Å². The molecular formula is C20H29N5O2. The van der Waals surface area contributed by atoms with E-state index in [2.05, 4.69) is 20.2 Å². The Hall–Kier alpha value is -2.44. The average Bonchev–Trinajstić information content (AvgIpc) is 3.10. The zero-order chi connectivity index (χ0) is 19.2. The van der Waals surface area contributed by atoms with Crippen LogP contribution in [0.25, 0.3) is 0 Å². The van der Waals surface area contributed by atoms with Crippen LogP contribution in [0.1, 0.15) is 79.5 Å². The Balaban J connectivity index is 1.70. The minimum atomic E-state index is -0.236. The zero-order valence-electron chi connectivity index (χ0n) is 16.5. The second-order valence-electron chi connectivity index (χ2n) is 7.14. The molecule has 3 rings (SSSR count). The van der Waals surface area contributed by atoms with Gasteiger partial charge in [-0.3, -0.25) is 4.79 Å². The molecular weight excluding hydrogens is 342 g/mol. The van der Waals surface area contributed by atoms with Gasteiger partial charge < -0.3 is 14.6 Å². The molecule has 1 amide bonds. The summed E-state index contributed by atoms with van der Waals surface area (Å²) < 4.78 is 5.25. The largest absolute Gasteiger partial charge is 0.448 e. The average molecular weight is 371 g/mol. The van der Waals surface area contributed by atoms with E-state index in [9.17, 15) is 4.79 Å². The second-order valence-corrected chi connectivity index (χ2v) is 7.14. The zero-order valence-corrected chi connectivity index (χ0v) is 16.5. The van der Waals surface area contributed by atoms with Crippen LogP contribution in [0.2, 0.25) is 0 Å². The van der Waals surface area contributed by atoms with Crippen LogP contribution in [0, 0.1) is 6.92 Å². The van der Waals surface area contributed by atoms with Crippen LogP contribution in [-0.4, -0.2) is 33.9 Å². The first-order chi connectivity index (χ1) is 13.1. The number of nitrogens with one attached hydrogen (secondary N) is 1. The van der Waals surface area contributed by atoms with E-state index in [1.165, 1.54) is 38.5 Å². The third kappa shape index (κ3) is 4.64. The maximum Gasteiger partial charge on any atom is 0.274 e. The minimum absolute atomic E-state index is 0.208. The standard InChI is InChI=1S/C20H29N5O2/c1-4-17-18(22-13-27-17)19(26)23-14(2)16-12-21-20(24-15(16)3)25-10-8-6-5-7-9-11-25/h12-14H,4-11H2,1-3H3,(H,23,26). The number of hydrogen-bond acceptors (Lipinski definition) is 6. The van der Waals surface area contributed by atoms with E-state index >= 15 is 0 Å². The molecule has 1 aliphatic heterocycles. The number of hydrogen-bond donors (Lipinski definition) is 1. The summed E-state index contributed by atoms with van der Waals surface area (Å²) in [7, 11) is 0. The summed E-state index contributed by atoms with van der Waals surface area (Å²) in [6.07, 6.45) is 10.0. The molecule has 146 valence electrons. The number of carbonyl (C=O) groups excluding carboxylic acids is 1. The van der Waals surface area contributed by atoms with Crippen molar-refractivity contribution in [1.82, 2.24) is 20.3 Å². The van der Waals surface area contributed by atoms with Gasteiger partial charge in [0.2, 0.25) is 5.95 Å². The van der Waals surface area contributed by atoms with E-state index in [1.807, 2.05) is 27.0 Å². The molecule has 1 fully saturated rings. The summed E-state index contributed by atoms with van der Waals surface area (Å²) in [4.78, 5) is 28.1. The van der Waals surface area contributed by atoms with Crippen LogP contribution in [0.15, 0.2) is 17.0 Å². The van der Waals surface area contributed by atoms with Crippen LogP contribution in [0.3, 0.4) is 0 Å². The molecule has 7 nitrogen and oxygen atoms in total. The first kappa shape index (κ1) is 19.3. The monoisotopic (exact) mass is 371 g/mol. The lowest BCUT2D eigenvalue weighted by atomic mass is 10.1. The lowest BCUT2D eigenvalue weighted by Crippen LogP contribution is -2.30. The highest BCUT2D eigenvalue weighted by atomic mass is 16.3. The van der Waals surface area contributed by atoms with Crippen LogP contribution in [0.4, 0.5) is 5.95 Å². The summed E-state index contributed by atoms with van der Waals surface area (Å²) in [5.74, 6) is 1.15. The molecule has 2 aromatic rings. The Morgan fingerprint density at radius 1 is 1.22 bits per heavy atom. The van der Waals surface area contributed by atoms with E-state index in [0.29, 0.717) is 17.9 Å². The number of oxazole rings is 1. The van der Waals surface area contributed by atoms with E-state index in [0.717, 1.165) is 30.3 Å². The van der Waals surface area contributed by atoms with Crippen molar-refractivity contribution in [3.8, 4) is 0 Å². The molecule has 1 saturated heterocycles. The second kappa shape index (κ2) is 8.97. The third-order valence-corrected chi connectivity index (χ3v) is 5.13. The number of carbonyl (C=O) groups is 1. The first-order valence-electron chi connectivity index (χ1n) is 9.91. The number of aryl methyl sites for hydroxylation is 2. The van der Waals surface area contributed by atoms with Crippen molar-refractivity contribution in [3.05, 3.63) is 35.3 Å². The van der Waals surface area contributed by atoms with Crippen LogP contribution in [0.5, 0.6) is 0 Å². The molecule has 27 heavy (non-hydrogen) atoms. The smallest absolute Gasteiger partial charge is 0.274 e. The van der Waals surface area contributed by atoms with E-state index in [-0.39, 0.29) is 11.9 Å². The van der Waals surface area contributed by atoms with Gasteiger partial charge in [0.15, 0.2) is 12.1 Å². The molecule has 1 N–H and O–H groups in total. The van der Waals surface area contributed by atoms with Crippen molar-refractivity contribution < 1.29 is 9.21 Å². The minimum Gasteiger partial charge on any atom is -0.448 e.